The van der Waals surface area contributed by atoms with Crippen LogP contribution in [-0.2, 0) is 24.4 Å². The number of rotatable bonds is 15. The monoisotopic (exact) mass is 910 g/mol. The lowest BCUT2D eigenvalue weighted by Gasteiger charge is -2.36. The van der Waals surface area contributed by atoms with Crippen molar-refractivity contribution in [2.45, 2.75) is 109 Å². The number of thiazole rings is 1. The first-order valence-electron chi connectivity index (χ1n) is 21.3. The minimum absolute atomic E-state index is 0.00787. The van der Waals surface area contributed by atoms with E-state index in [4.69, 9.17) is 19.4 Å². The number of anilines is 1. The predicted octanol–water partition coefficient (Wildman–Crippen LogP) is 5.91. The molecule has 3 aromatic heterocycles. The lowest BCUT2D eigenvalue weighted by Crippen LogP contribution is -2.59. The van der Waals surface area contributed by atoms with E-state index in [2.05, 4.69) is 56.4 Å². The number of pyridine rings is 1. The number of ether oxygens (including phenoxy) is 2. The van der Waals surface area contributed by atoms with Crippen LogP contribution in [0, 0.1) is 18.3 Å². The van der Waals surface area contributed by atoms with Gasteiger partial charge in [-0.2, -0.15) is 5.21 Å². The number of fused-ring (bicyclic) bond motifs is 1. The largest absolute Gasteiger partial charge is 0.496 e. The Morgan fingerprint density at radius 1 is 1.09 bits per heavy atom. The molecule has 64 heavy (non-hydrogen) atoms. The van der Waals surface area contributed by atoms with Gasteiger partial charge in [-0.25, -0.2) is 18.4 Å². The number of benzene rings is 2. The van der Waals surface area contributed by atoms with Crippen molar-refractivity contribution in [2.24, 2.45) is 11.3 Å². The van der Waals surface area contributed by atoms with E-state index >= 15 is 4.79 Å². The van der Waals surface area contributed by atoms with Crippen LogP contribution in [0.25, 0.3) is 33.0 Å². The summed E-state index contributed by atoms with van der Waals surface area (Å²) in [6.45, 7) is 17.3. The SMILES string of the molecule is C=CC1CC1(NC(=O)C1CC(Oc2cc(-c3nc(C(C)C)cs3)nc3c(C)c(OC)ccc23)CN1C(=O)C(Nc1cccc(-c2nn[nH]n2)c1)C(C)(C)C)C(=O)NS(=O)(=O)C1(C)CC1. The molecular formula is C45H54N10O7S2. The molecule has 3 amide bonds. The van der Waals surface area contributed by atoms with Crippen LogP contribution < -0.4 is 24.8 Å². The molecule has 1 aliphatic heterocycles. The average molecular weight is 911 g/mol. The molecule has 17 nitrogen and oxygen atoms in total. The maximum absolute atomic E-state index is 15.2. The normalized spacial score (nSPS) is 21.9. The van der Waals surface area contributed by atoms with Crippen LogP contribution in [0.1, 0.15) is 84.4 Å². The number of methoxy groups -OCH3 is 1. The van der Waals surface area contributed by atoms with Crippen molar-refractivity contribution in [3.8, 4) is 33.6 Å². The number of aryl methyl sites for hydroxylation is 1. The van der Waals surface area contributed by atoms with Crippen LogP contribution >= 0.6 is 11.3 Å². The minimum atomic E-state index is -4.02. The molecule has 4 N–H and O–H groups in total. The number of nitrogens with one attached hydrogen (secondary N) is 4. The highest BCUT2D eigenvalue weighted by molar-refractivity contribution is 7.91. The molecule has 338 valence electrons. The van der Waals surface area contributed by atoms with Gasteiger partial charge in [0.1, 0.15) is 45.9 Å². The van der Waals surface area contributed by atoms with Crippen LogP contribution in [0.2, 0.25) is 0 Å². The van der Waals surface area contributed by atoms with Gasteiger partial charge in [-0.15, -0.1) is 28.1 Å². The second-order valence-corrected chi connectivity index (χ2v) is 21.7. The Labute approximate surface area is 376 Å². The van der Waals surface area contributed by atoms with Crippen LogP contribution in [0.5, 0.6) is 11.5 Å². The van der Waals surface area contributed by atoms with Crippen LogP contribution in [0.3, 0.4) is 0 Å². The van der Waals surface area contributed by atoms with Gasteiger partial charge in [0, 0.05) is 46.0 Å². The highest BCUT2D eigenvalue weighted by atomic mass is 32.2. The van der Waals surface area contributed by atoms with Crippen molar-refractivity contribution in [3.63, 3.8) is 0 Å². The summed E-state index contributed by atoms with van der Waals surface area (Å²) in [5, 5.41) is 24.1. The molecule has 5 unspecified atom stereocenters. The summed E-state index contributed by atoms with van der Waals surface area (Å²) in [4.78, 5) is 55.3. The van der Waals surface area contributed by atoms with E-state index in [-0.39, 0.29) is 31.2 Å². The van der Waals surface area contributed by atoms with Gasteiger partial charge < -0.3 is 25.0 Å². The highest BCUT2D eigenvalue weighted by Gasteiger charge is 2.63. The van der Waals surface area contributed by atoms with Gasteiger partial charge >= 0.3 is 0 Å². The number of tetrazole rings is 1. The molecule has 0 spiro atoms. The number of hydrogen-bond donors (Lipinski definition) is 4. The lowest BCUT2D eigenvalue weighted by molar-refractivity contribution is -0.141. The summed E-state index contributed by atoms with van der Waals surface area (Å²) in [7, 11) is -2.42. The third-order valence-electron chi connectivity index (χ3n) is 12.6. The Morgan fingerprint density at radius 2 is 1.86 bits per heavy atom. The number of hydrogen-bond acceptors (Lipinski definition) is 14. The number of sulfonamides is 1. The molecule has 2 saturated carbocycles. The molecule has 19 heteroatoms. The first kappa shape index (κ1) is 44.6. The predicted molar refractivity (Wildman–Crippen MR) is 243 cm³/mol. The van der Waals surface area contributed by atoms with Crippen molar-refractivity contribution in [1.29, 1.82) is 0 Å². The number of likely N-dealkylation sites (tertiary alicyclic amines) is 1. The van der Waals surface area contributed by atoms with E-state index in [0.717, 1.165) is 11.3 Å². The molecule has 3 fully saturated rings. The average Bonchev–Trinajstić information content (AvgIpc) is 3.83. The van der Waals surface area contributed by atoms with Gasteiger partial charge in [0.15, 0.2) is 0 Å². The highest BCUT2D eigenvalue weighted by Crippen LogP contribution is 2.47. The molecule has 0 bridgehead atoms. The van der Waals surface area contributed by atoms with Gasteiger partial charge in [-0.05, 0) is 73.9 Å². The molecular weight excluding hydrogens is 857 g/mol. The van der Waals surface area contributed by atoms with Crippen molar-refractivity contribution in [1.82, 2.24) is 45.5 Å². The number of amides is 3. The topological polar surface area (TPSA) is 223 Å². The quantitative estimate of drug-likeness (QED) is 0.0898. The number of nitrogens with zero attached hydrogens (tertiary/aromatic N) is 6. The minimum Gasteiger partial charge on any atom is -0.496 e. The Hall–Kier alpha value is -5.95. The summed E-state index contributed by atoms with van der Waals surface area (Å²) in [6, 6.07) is 10.9. The zero-order chi connectivity index (χ0) is 45.9. The summed E-state index contributed by atoms with van der Waals surface area (Å²) < 4.78 is 40.2. The smallest absolute Gasteiger partial charge is 0.259 e. The molecule has 3 aliphatic rings. The molecule has 5 aromatic rings. The third-order valence-corrected chi connectivity index (χ3v) is 15.7. The first-order valence-corrected chi connectivity index (χ1v) is 23.7. The molecule has 0 radical (unpaired) electrons. The standard InChI is InChI=1S/C45H54N10O7S2/c1-10-27-21-45(27,42(58)52-64(59,60)44(8)16-17-44)49-39(56)33-19-29(22-55(33)41(57)37(43(5,6)7)46-28-13-11-12-26(18-28)38-50-53-54-51-38)62-35-20-31(40-48-32(23-63-40)24(2)3)47-36-25(4)34(61-9)15-14-30(35)36/h10-15,18,20,23-24,27,29,33,37,46H,1,16-17,19,21-22H2,2-9H3,(H,49,56)(H,52,58)(H,50,51,53,54). The summed E-state index contributed by atoms with van der Waals surface area (Å²) in [5.74, 6) is -0.640. The zero-order valence-corrected chi connectivity index (χ0v) is 38.8. The Morgan fingerprint density at radius 3 is 2.48 bits per heavy atom. The van der Waals surface area contributed by atoms with Crippen LogP contribution in [0.15, 0.2) is 60.5 Å². The number of aromatic nitrogens is 6. The van der Waals surface area contributed by atoms with Gasteiger partial charge in [0.2, 0.25) is 27.7 Å². The summed E-state index contributed by atoms with van der Waals surface area (Å²) in [5.41, 5.74) is 2.02. The van der Waals surface area contributed by atoms with E-state index in [9.17, 15) is 18.0 Å². The molecule has 2 aliphatic carbocycles. The van der Waals surface area contributed by atoms with E-state index in [1.54, 1.807) is 14.0 Å². The fraction of sp³-hybridized carbons (Fsp3) is 0.467. The van der Waals surface area contributed by atoms with Gasteiger partial charge in [-0.1, -0.05) is 52.8 Å². The fourth-order valence-electron chi connectivity index (χ4n) is 8.16. The van der Waals surface area contributed by atoms with Crippen molar-refractivity contribution >= 4 is 55.7 Å². The van der Waals surface area contributed by atoms with Gasteiger partial charge in [0.25, 0.3) is 5.91 Å². The lowest BCUT2D eigenvalue weighted by atomic mass is 9.85. The number of aromatic amines is 1. The Bertz CT molecular complexity index is 2750. The first-order chi connectivity index (χ1) is 30.3. The maximum Gasteiger partial charge on any atom is 0.259 e. The zero-order valence-electron chi connectivity index (χ0n) is 37.2. The fourth-order valence-corrected chi connectivity index (χ4v) is 10.4. The third kappa shape index (κ3) is 8.42. The van der Waals surface area contributed by atoms with Gasteiger partial charge in [-0.3, -0.25) is 19.1 Å². The Balaban J connectivity index is 1.15. The van der Waals surface area contributed by atoms with Gasteiger partial charge in [0.05, 0.1) is 29.6 Å². The molecule has 2 aromatic carbocycles. The maximum atomic E-state index is 15.2. The van der Waals surface area contributed by atoms with Crippen LogP contribution in [-0.4, -0.2) is 104 Å². The van der Waals surface area contributed by atoms with Crippen molar-refractivity contribution in [2.75, 3.05) is 19.0 Å². The summed E-state index contributed by atoms with van der Waals surface area (Å²) >= 11 is 1.48. The molecule has 8 rings (SSSR count). The van der Waals surface area contributed by atoms with Crippen molar-refractivity contribution < 1.29 is 32.3 Å². The number of carbonyl (C=O) groups excluding carboxylic acids is 3. The molecule has 4 heterocycles. The molecule has 5 atom stereocenters. The molecule has 1 saturated heterocycles. The van der Waals surface area contributed by atoms with Crippen molar-refractivity contribution in [3.05, 3.63) is 71.8 Å². The second-order valence-electron chi connectivity index (χ2n) is 18.7. The Kier molecular flexibility index (Phi) is 11.5. The van der Waals surface area contributed by atoms with E-state index in [1.807, 2.05) is 75.5 Å². The van der Waals surface area contributed by atoms with Crippen LogP contribution in [0.4, 0.5) is 5.69 Å². The summed E-state index contributed by atoms with van der Waals surface area (Å²) in [6.07, 6.45) is 1.88. The number of H-pyrrole nitrogens is 1. The van der Waals surface area contributed by atoms with E-state index in [0.29, 0.717) is 63.0 Å². The van der Waals surface area contributed by atoms with E-state index < -0.39 is 61.6 Å². The second kappa shape index (κ2) is 16.6. The van der Waals surface area contributed by atoms with E-state index in [1.165, 1.54) is 22.3 Å². The number of carbonyl (C=O) groups is 3.